The number of tetrazole rings is 1. The highest BCUT2D eigenvalue weighted by Gasteiger charge is 2.43. The number of nitrogens with zero attached hydrogens (tertiary/aromatic N) is 8. The number of piperidine rings is 1. The van der Waals surface area contributed by atoms with Crippen molar-refractivity contribution in [1.82, 2.24) is 34.7 Å². The molecule has 0 aliphatic carbocycles. The number of anilines is 3. The molecule has 3 aromatic rings. The number of nitrogens with one attached hydrogen (secondary N) is 2. The lowest BCUT2D eigenvalue weighted by Crippen LogP contribution is -2.55. The fourth-order valence-corrected chi connectivity index (χ4v) is 5.60. The van der Waals surface area contributed by atoms with E-state index in [1.54, 1.807) is 0 Å². The van der Waals surface area contributed by atoms with Gasteiger partial charge in [0.25, 0.3) is 0 Å². The van der Waals surface area contributed by atoms with Gasteiger partial charge in [-0.25, -0.2) is 18.6 Å². The second kappa shape index (κ2) is 10.6. The third-order valence-electron chi connectivity index (χ3n) is 7.29. The Hall–Kier alpha value is -4.12. The van der Waals surface area contributed by atoms with Crippen LogP contribution in [0.15, 0.2) is 23.1 Å². The first-order valence-electron chi connectivity index (χ1n) is 12.8. The zero-order valence-electron chi connectivity index (χ0n) is 22.0. The van der Waals surface area contributed by atoms with E-state index in [1.807, 2.05) is 0 Å². The minimum atomic E-state index is -0.803. The van der Waals surface area contributed by atoms with Crippen molar-refractivity contribution in [3.63, 3.8) is 0 Å². The number of ether oxygens (including phenoxy) is 1. The highest BCUT2D eigenvalue weighted by Crippen LogP contribution is 2.39. The van der Waals surface area contributed by atoms with Gasteiger partial charge in [0.2, 0.25) is 5.95 Å². The Labute approximate surface area is 223 Å². The number of halogens is 2. The summed E-state index contributed by atoms with van der Waals surface area (Å²) in [6.45, 7) is 4.43. The summed E-state index contributed by atoms with van der Waals surface area (Å²) in [6, 6.07) is 5.01. The molecule has 0 radical (unpaired) electrons. The second-order valence-electron chi connectivity index (χ2n) is 10.4. The minimum Gasteiger partial charge on any atom is -0.488 e. The molecule has 2 aliphatic rings. The molecule has 2 aliphatic heterocycles. The second-order valence-corrected chi connectivity index (χ2v) is 10.4. The van der Waals surface area contributed by atoms with E-state index in [4.69, 9.17) is 4.74 Å². The molecule has 2 atom stereocenters. The highest BCUT2D eigenvalue weighted by atomic mass is 19.1. The molecule has 0 amide bonds. The average molecular weight is 541 g/mol. The van der Waals surface area contributed by atoms with Crippen LogP contribution in [-0.4, -0.2) is 72.1 Å². The summed E-state index contributed by atoms with van der Waals surface area (Å²) in [5, 5.41) is 23.4. The Balaban J connectivity index is 1.44. The maximum absolute atomic E-state index is 15.1. The molecule has 2 aromatic heterocycles. The van der Waals surface area contributed by atoms with E-state index in [0.717, 1.165) is 41.2 Å². The van der Waals surface area contributed by atoms with Crippen molar-refractivity contribution in [2.45, 2.75) is 57.2 Å². The number of alkyl halides is 1. The standard InChI is InChI=1S/C25H30F2N10O2/c1-25(2)12-16(9-17-5-4-7-36(17)25)30-22-15(13-28)14-29-23(32-22)31-19-11-20(37-24(38)35(3)33-34-37)21(10-18(19)27)39-8-6-26/h10-11,14,16-17H,4-9,12H2,1-3H3,(H2,29,30,31,32)/t16-,17+/m1/s1. The van der Waals surface area contributed by atoms with Crippen LogP contribution in [0.1, 0.15) is 45.1 Å². The Morgan fingerprint density at radius 2 is 2.13 bits per heavy atom. The van der Waals surface area contributed by atoms with Crippen LogP contribution in [0.5, 0.6) is 5.75 Å². The Morgan fingerprint density at radius 1 is 1.31 bits per heavy atom. The molecule has 206 valence electrons. The van der Waals surface area contributed by atoms with E-state index >= 15 is 4.39 Å². The summed E-state index contributed by atoms with van der Waals surface area (Å²) >= 11 is 0. The number of benzene rings is 1. The maximum atomic E-state index is 15.1. The number of hydrogen-bond donors (Lipinski definition) is 2. The number of aryl methyl sites for hydroxylation is 1. The number of hydrogen-bond acceptors (Lipinski definition) is 10. The summed E-state index contributed by atoms with van der Waals surface area (Å²) in [5.41, 5.74) is -0.333. The number of nitriles is 1. The van der Waals surface area contributed by atoms with Crippen molar-refractivity contribution in [1.29, 1.82) is 5.26 Å². The van der Waals surface area contributed by atoms with Crippen molar-refractivity contribution in [2.75, 3.05) is 30.5 Å². The zero-order chi connectivity index (χ0) is 27.7. The molecule has 2 saturated heterocycles. The van der Waals surface area contributed by atoms with Gasteiger partial charge in [0.05, 0.1) is 11.9 Å². The highest BCUT2D eigenvalue weighted by molar-refractivity contribution is 5.64. The van der Waals surface area contributed by atoms with Crippen LogP contribution in [0.2, 0.25) is 0 Å². The van der Waals surface area contributed by atoms with Crippen molar-refractivity contribution < 1.29 is 13.5 Å². The lowest BCUT2D eigenvalue weighted by atomic mass is 9.84. The number of fused-ring (bicyclic) bond motifs is 1. The fraction of sp³-hybridized carbons (Fsp3) is 0.520. The van der Waals surface area contributed by atoms with Crippen LogP contribution < -0.4 is 21.1 Å². The Kier molecular flexibility index (Phi) is 7.17. The molecule has 2 N–H and O–H groups in total. The van der Waals surface area contributed by atoms with Gasteiger partial charge in [0, 0.05) is 30.7 Å². The van der Waals surface area contributed by atoms with Gasteiger partial charge in [-0.2, -0.15) is 19.6 Å². The molecule has 4 heterocycles. The molecule has 14 heteroatoms. The Morgan fingerprint density at radius 3 is 2.85 bits per heavy atom. The molecule has 5 rings (SSSR count). The molecule has 39 heavy (non-hydrogen) atoms. The van der Waals surface area contributed by atoms with Crippen molar-refractivity contribution in [3.8, 4) is 17.5 Å². The van der Waals surface area contributed by atoms with E-state index in [-0.39, 0.29) is 46.8 Å². The summed E-state index contributed by atoms with van der Waals surface area (Å²) < 4.78 is 35.1. The molecule has 0 saturated carbocycles. The molecule has 12 nitrogen and oxygen atoms in total. The Bertz CT molecular complexity index is 1460. The fourth-order valence-electron chi connectivity index (χ4n) is 5.60. The van der Waals surface area contributed by atoms with E-state index in [2.05, 4.69) is 55.8 Å². The van der Waals surface area contributed by atoms with Crippen LogP contribution >= 0.6 is 0 Å². The van der Waals surface area contributed by atoms with E-state index in [1.165, 1.54) is 25.7 Å². The molecular formula is C25H30F2N10O2. The van der Waals surface area contributed by atoms with Gasteiger partial charge in [-0.3, -0.25) is 4.90 Å². The van der Waals surface area contributed by atoms with Crippen LogP contribution in [-0.2, 0) is 7.05 Å². The minimum absolute atomic E-state index is 0.0158. The van der Waals surface area contributed by atoms with Gasteiger partial charge in [-0.15, -0.1) is 0 Å². The number of aromatic nitrogens is 6. The largest absolute Gasteiger partial charge is 0.488 e. The van der Waals surface area contributed by atoms with Crippen LogP contribution in [0.4, 0.5) is 26.2 Å². The molecular weight excluding hydrogens is 510 g/mol. The van der Waals surface area contributed by atoms with Crippen LogP contribution in [0.25, 0.3) is 5.69 Å². The lowest BCUT2D eigenvalue weighted by Gasteiger charge is -2.47. The van der Waals surface area contributed by atoms with Gasteiger partial charge in [0.1, 0.15) is 42.2 Å². The molecule has 1 aromatic carbocycles. The third kappa shape index (κ3) is 5.26. The molecule has 0 bridgehead atoms. The first-order chi connectivity index (χ1) is 18.7. The SMILES string of the molecule is Cn1nnn(-c2cc(Nc3ncc(C#N)c(N[C@@H]4C[C@@H]5CCCN5C(C)(C)C4)n3)c(F)cc2OCCF)c1=O. The smallest absolute Gasteiger partial charge is 0.368 e. The van der Waals surface area contributed by atoms with Gasteiger partial charge < -0.3 is 15.4 Å². The maximum Gasteiger partial charge on any atom is 0.368 e. The molecule has 2 fully saturated rings. The van der Waals surface area contributed by atoms with E-state index in [9.17, 15) is 14.4 Å². The summed E-state index contributed by atoms with van der Waals surface area (Å²) in [5.74, 6) is -0.427. The van der Waals surface area contributed by atoms with E-state index in [0.29, 0.717) is 11.9 Å². The van der Waals surface area contributed by atoms with Crippen LogP contribution in [0.3, 0.4) is 0 Å². The topological polar surface area (TPSA) is 139 Å². The average Bonchev–Trinajstić information content (AvgIpc) is 3.51. The van der Waals surface area contributed by atoms with Gasteiger partial charge in [-0.1, -0.05) is 0 Å². The van der Waals surface area contributed by atoms with Crippen molar-refractivity contribution in [2.24, 2.45) is 7.05 Å². The van der Waals surface area contributed by atoms with Crippen molar-refractivity contribution in [3.05, 3.63) is 40.2 Å². The van der Waals surface area contributed by atoms with E-state index < -0.39 is 18.2 Å². The number of rotatable bonds is 8. The first-order valence-corrected chi connectivity index (χ1v) is 12.8. The monoisotopic (exact) mass is 540 g/mol. The van der Waals surface area contributed by atoms with Crippen molar-refractivity contribution >= 4 is 17.5 Å². The predicted octanol–water partition coefficient (Wildman–Crippen LogP) is 2.68. The molecule has 0 unspecified atom stereocenters. The van der Waals surface area contributed by atoms with Crippen LogP contribution in [0, 0.1) is 17.1 Å². The predicted molar refractivity (Wildman–Crippen MR) is 139 cm³/mol. The quantitative estimate of drug-likeness (QED) is 0.438. The third-order valence-corrected chi connectivity index (χ3v) is 7.29. The summed E-state index contributed by atoms with van der Waals surface area (Å²) in [4.78, 5) is 23.7. The first kappa shape index (κ1) is 26.5. The van der Waals surface area contributed by atoms with Gasteiger partial charge in [0.15, 0.2) is 5.82 Å². The van der Waals surface area contributed by atoms with Gasteiger partial charge >= 0.3 is 5.69 Å². The normalized spacial score (nSPS) is 20.3. The molecule has 0 spiro atoms. The summed E-state index contributed by atoms with van der Waals surface area (Å²) in [7, 11) is 1.41. The lowest BCUT2D eigenvalue weighted by molar-refractivity contribution is 0.0501. The van der Waals surface area contributed by atoms with Gasteiger partial charge in [-0.05, 0) is 62.6 Å². The zero-order valence-corrected chi connectivity index (χ0v) is 22.0. The summed E-state index contributed by atoms with van der Waals surface area (Å²) in [6.07, 6.45) is 5.51.